The van der Waals surface area contributed by atoms with Crippen molar-refractivity contribution in [2.75, 3.05) is 12.4 Å². The van der Waals surface area contributed by atoms with E-state index in [9.17, 15) is 14.4 Å². The van der Waals surface area contributed by atoms with Crippen LogP contribution in [0.3, 0.4) is 0 Å². The SMILES string of the molecule is COc1ccc(Br)cc1C(=O)CCC(=O)OC(C)C(=O)Nc1ccccc1Cl. The second-order valence-electron chi connectivity index (χ2n) is 5.87. The van der Waals surface area contributed by atoms with E-state index in [-0.39, 0.29) is 18.6 Å². The Balaban J connectivity index is 1.88. The first-order chi connectivity index (χ1) is 13.3. The summed E-state index contributed by atoms with van der Waals surface area (Å²) in [5.41, 5.74) is 0.795. The molecule has 0 aliphatic heterocycles. The summed E-state index contributed by atoms with van der Waals surface area (Å²) in [4.78, 5) is 36.5. The Labute approximate surface area is 176 Å². The molecular weight excluding hydrogens is 450 g/mol. The third-order valence-electron chi connectivity index (χ3n) is 3.83. The number of carbonyl (C=O) groups is 3. The largest absolute Gasteiger partial charge is 0.496 e. The van der Waals surface area contributed by atoms with Gasteiger partial charge < -0.3 is 14.8 Å². The van der Waals surface area contributed by atoms with E-state index in [4.69, 9.17) is 21.1 Å². The molecule has 0 saturated carbocycles. The predicted octanol–water partition coefficient (Wildman–Crippen LogP) is 4.64. The molecule has 0 bridgehead atoms. The molecule has 0 fully saturated rings. The van der Waals surface area contributed by atoms with Gasteiger partial charge >= 0.3 is 5.97 Å². The average molecular weight is 469 g/mol. The van der Waals surface area contributed by atoms with Crippen LogP contribution in [0.15, 0.2) is 46.9 Å². The fourth-order valence-electron chi connectivity index (χ4n) is 2.35. The minimum Gasteiger partial charge on any atom is -0.496 e. The van der Waals surface area contributed by atoms with Crippen molar-refractivity contribution in [3.8, 4) is 5.75 Å². The molecular formula is C20H19BrClNO5. The lowest BCUT2D eigenvalue weighted by Gasteiger charge is -2.14. The number of nitrogens with one attached hydrogen (secondary N) is 1. The van der Waals surface area contributed by atoms with Crippen LogP contribution < -0.4 is 10.1 Å². The monoisotopic (exact) mass is 467 g/mol. The van der Waals surface area contributed by atoms with Crippen molar-refractivity contribution in [3.63, 3.8) is 0 Å². The molecule has 0 heterocycles. The Kier molecular flexibility index (Phi) is 8.02. The number of anilines is 1. The Morgan fingerprint density at radius 2 is 1.86 bits per heavy atom. The van der Waals surface area contributed by atoms with E-state index < -0.39 is 18.0 Å². The summed E-state index contributed by atoms with van der Waals surface area (Å²) in [7, 11) is 1.47. The number of halogens is 2. The van der Waals surface area contributed by atoms with Crippen LogP contribution in [0.4, 0.5) is 5.69 Å². The minimum atomic E-state index is -1.03. The predicted molar refractivity (Wildman–Crippen MR) is 110 cm³/mol. The molecule has 0 radical (unpaired) electrons. The molecule has 6 nitrogen and oxygen atoms in total. The van der Waals surface area contributed by atoms with E-state index in [1.807, 2.05) is 0 Å². The number of esters is 1. The van der Waals surface area contributed by atoms with Gasteiger partial charge in [0.2, 0.25) is 0 Å². The molecule has 0 spiro atoms. The molecule has 2 aromatic carbocycles. The number of carbonyl (C=O) groups excluding carboxylic acids is 3. The lowest BCUT2D eigenvalue weighted by molar-refractivity contribution is -0.153. The maximum absolute atomic E-state index is 12.4. The van der Waals surface area contributed by atoms with E-state index in [1.165, 1.54) is 14.0 Å². The molecule has 0 aliphatic rings. The van der Waals surface area contributed by atoms with Gasteiger partial charge in [0.25, 0.3) is 5.91 Å². The number of benzene rings is 2. The highest BCUT2D eigenvalue weighted by Crippen LogP contribution is 2.25. The van der Waals surface area contributed by atoms with E-state index >= 15 is 0 Å². The van der Waals surface area contributed by atoms with Crippen molar-refractivity contribution < 1.29 is 23.9 Å². The van der Waals surface area contributed by atoms with Gasteiger partial charge in [0.05, 0.1) is 29.8 Å². The number of Topliss-reactive ketones (excluding diaryl/α,β-unsaturated/α-hetero) is 1. The van der Waals surface area contributed by atoms with Crippen LogP contribution in [0.5, 0.6) is 5.75 Å². The van der Waals surface area contributed by atoms with Crippen LogP contribution in [0.1, 0.15) is 30.1 Å². The molecule has 2 aromatic rings. The summed E-state index contributed by atoms with van der Waals surface area (Å²) in [6.45, 7) is 1.45. The minimum absolute atomic E-state index is 0.0650. The summed E-state index contributed by atoms with van der Waals surface area (Å²) in [5, 5.41) is 2.97. The first-order valence-corrected chi connectivity index (χ1v) is 9.60. The fourth-order valence-corrected chi connectivity index (χ4v) is 2.90. The molecule has 1 amide bonds. The number of amides is 1. The second-order valence-corrected chi connectivity index (χ2v) is 7.19. The van der Waals surface area contributed by atoms with E-state index in [0.29, 0.717) is 22.0 Å². The molecule has 0 aromatic heterocycles. The maximum atomic E-state index is 12.4. The zero-order valence-electron chi connectivity index (χ0n) is 15.3. The molecule has 2 rings (SSSR count). The number of methoxy groups -OCH3 is 1. The third kappa shape index (κ3) is 6.07. The highest BCUT2D eigenvalue weighted by molar-refractivity contribution is 9.10. The average Bonchev–Trinajstić information content (AvgIpc) is 2.67. The van der Waals surface area contributed by atoms with Crippen molar-refractivity contribution >= 4 is 50.9 Å². The summed E-state index contributed by atoms with van der Waals surface area (Å²) >= 11 is 9.29. The van der Waals surface area contributed by atoms with Gasteiger partial charge in [0, 0.05) is 10.9 Å². The molecule has 0 saturated heterocycles. The summed E-state index contributed by atoms with van der Waals surface area (Å²) < 4.78 is 11.0. The normalized spacial score (nSPS) is 11.4. The molecule has 1 unspecified atom stereocenters. The molecule has 1 N–H and O–H groups in total. The third-order valence-corrected chi connectivity index (χ3v) is 4.65. The van der Waals surface area contributed by atoms with Gasteiger partial charge in [-0.1, -0.05) is 39.7 Å². The first-order valence-electron chi connectivity index (χ1n) is 8.43. The van der Waals surface area contributed by atoms with Crippen molar-refractivity contribution in [2.24, 2.45) is 0 Å². The highest BCUT2D eigenvalue weighted by Gasteiger charge is 2.20. The molecule has 1 atom stereocenters. The van der Waals surface area contributed by atoms with Gasteiger partial charge in [-0.2, -0.15) is 0 Å². The van der Waals surface area contributed by atoms with Crippen LogP contribution in [-0.2, 0) is 14.3 Å². The maximum Gasteiger partial charge on any atom is 0.307 e. The lowest BCUT2D eigenvalue weighted by atomic mass is 10.1. The fraction of sp³-hybridized carbons (Fsp3) is 0.250. The number of hydrogen-bond donors (Lipinski definition) is 1. The quantitative estimate of drug-likeness (QED) is 0.451. The van der Waals surface area contributed by atoms with E-state index in [1.54, 1.807) is 42.5 Å². The van der Waals surface area contributed by atoms with Crippen LogP contribution in [0.2, 0.25) is 5.02 Å². The van der Waals surface area contributed by atoms with Gasteiger partial charge in [-0.25, -0.2) is 0 Å². The Hall–Kier alpha value is -2.38. The summed E-state index contributed by atoms with van der Waals surface area (Å²) in [5.74, 6) is -0.997. The molecule has 28 heavy (non-hydrogen) atoms. The van der Waals surface area contributed by atoms with Crippen molar-refractivity contribution in [3.05, 3.63) is 57.5 Å². The van der Waals surface area contributed by atoms with Crippen LogP contribution in [0, 0.1) is 0 Å². The second kappa shape index (κ2) is 10.2. The van der Waals surface area contributed by atoms with Gasteiger partial charge in [-0.05, 0) is 37.3 Å². The Morgan fingerprint density at radius 1 is 1.14 bits per heavy atom. The molecule has 148 valence electrons. The number of para-hydroxylation sites is 1. The molecule has 8 heteroatoms. The van der Waals surface area contributed by atoms with Gasteiger partial charge in [0.15, 0.2) is 11.9 Å². The lowest BCUT2D eigenvalue weighted by Crippen LogP contribution is -2.30. The van der Waals surface area contributed by atoms with E-state index in [0.717, 1.165) is 4.47 Å². The number of ether oxygens (including phenoxy) is 2. The highest BCUT2D eigenvalue weighted by atomic mass is 79.9. The number of hydrogen-bond acceptors (Lipinski definition) is 5. The smallest absolute Gasteiger partial charge is 0.307 e. The van der Waals surface area contributed by atoms with Crippen molar-refractivity contribution in [1.82, 2.24) is 0 Å². The van der Waals surface area contributed by atoms with Gasteiger partial charge in [-0.15, -0.1) is 0 Å². The number of rotatable bonds is 8. The summed E-state index contributed by atoms with van der Waals surface area (Å²) in [6.07, 6.45) is -1.25. The number of ketones is 1. The van der Waals surface area contributed by atoms with Crippen LogP contribution >= 0.6 is 27.5 Å². The first kappa shape index (κ1) is 21.9. The van der Waals surface area contributed by atoms with Crippen molar-refractivity contribution in [2.45, 2.75) is 25.9 Å². The topological polar surface area (TPSA) is 81.7 Å². The Morgan fingerprint density at radius 3 is 2.54 bits per heavy atom. The van der Waals surface area contributed by atoms with Crippen LogP contribution in [0.25, 0.3) is 0 Å². The zero-order chi connectivity index (χ0) is 20.7. The summed E-state index contributed by atoms with van der Waals surface area (Å²) in [6, 6.07) is 11.8. The van der Waals surface area contributed by atoms with Crippen LogP contribution in [-0.4, -0.2) is 30.9 Å². The molecule has 0 aliphatic carbocycles. The zero-order valence-corrected chi connectivity index (χ0v) is 17.7. The van der Waals surface area contributed by atoms with E-state index in [2.05, 4.69) is 21.2 Å². The van der Waals surface area contributed by atoms with Crippen molar-refractivity contribution in [1.29, 1.82) is 0 Å². The van der Waals surface area contributed by atoms with Gasteiger partial charge in [-0.3, -0.25) is 14.4 Å². The standard InChI is InChI=1S/C20H19BrClNO5/c1-12(20(26)23-16-6-4-3-5-15(16)22)28-19(25)10-8-17(24)14-11-13(21)7-9-18(14)27-2/h3-7,9,11-12H,8,10H2,1-2H3,(H,23,26). The Bertz CT molecular complexity index is 887. The van der Waals surface area contributed by atoms with Gasteiger partial charge in [0.1, 0.15) is 5.75 Å².